The van der Waals surface area contributed by atoms with E-state index in [9.17, 15) is 0 Å². The molecule has 2 nitrogen and oxygen atoms in total. The Kier molecular flexibility index (Phi) is 4.96. The monoisotopic (exact) mass is 140 g/mol. The van der Waals surface area contributed by atoms with Gasteiger partial charge in [0, 0.05) is 0 Å². The van der Waals surface area contributed by atoms with Gasteiger partial charge in [-0.15, -0.1) is 0 Å². The summed E-state index contributed by atoms with van der Waals surface area (Å²) in [6.45, 7) is 9.88. The molecule has 2 heteroatoms. The van der Waals surface area contributed by atoms with Crippen molar-refractivity contribution in [3.8, 4) is 0 Å². The van der Waals surface area contributed by atoms with Crippen molar-refractivity contribution in [3.63, 3.8) is 0 Å². The maximum atomic E-state index is 6.25. The highest BCUT2D eigenvalue weighted by Crippen LogP contribution is 2.05. The first-order valence-corrected chi connectivity index (χ1v) is 3.82. The maximum absolute atomic E-state index is 6.25. The molecule has 0 aliphatic carbocycles. The van der Waals surface area contributed by atoms with E-state index in [1.165, 1.54) is 25.9 Å². The molecular formula is C8H16N2. The van der Waals surface area contributed by atoms with Gasteiger partial charge in [-0.25, -0.2) is 0 Å². The number of quaternary nitrogens is 1. The lowest BCUT2D eigenvalue weighted by atomic mass is 10.00. The van der Waals surface area contributed by atoms with Crippen LogP contribution in [0.4, 0.5) is 0 Å². The molecule has 0 atom stereocenters. The number of nitrogens with one attached hydrogen (secondary N) is 1. The van der Waals surface area contributed by atoms with Crippen LogP contribution in [-0.2, 0) is 0 Å². The number of piperidine rings is 1. The van der Waals surface area contributed by atoms with Crippen molar-refractivity contribution in [2.45, 2.75) is 19.8 Å². The summed E-state index contributed by atoms with van der Waals surface area (Å²) >= 11 is 0. The summed E-state index contributed by atoms with van der Waals surface area (Å²) in [6, 6.07) is 0. The zero-order valence-corrected chi connectivity index (χ0v) is 6.85. The summed E-state index contributed by atoms with van der Waals surface area (Å²) in [6.07, 6.45) is 2.87. The molecule has 1 heterocycles. The molecule has 0 aromatic rings. The molecule has 0 amide bonds. The Morgan fingerprint density at radius 3 is 2.00 bits per heavy atom. The van der Waals surface area contributed by atoms with Crippen molar-refractivity contribution < 1.29 is 4.90 Å². The molecule has 0 bridgehead atoms. The number of hydrogen-bond acceptors (Lipinski definition) is 1. The molecular weight excluding hydrogens is 124 g/mol. The summed E-state index contributed by atoms with van der Waals surface area (Å²) < 4.78 is 0. The van der Waals surface area contributed by atoms with E-state index in [-0.39, 0.29) is 0 Å². The normalized spacial score (nSPS) is 32.0. The summed E-state index contributed by atoms with van der Waals surface area (Å²) in [5.41, 5.74) is 0. The molecule has 0 saturated carbocycles. The average molecular weight is 140 g/mol. The van der Waals surface area contributed by atoms with E-state index in [2.05, 4.69) is 14.0 Å². The minimum atomic E-state index is 0.999. The first kappa shape index (κ1) is 9.45. The molecule has 0 radical (unpaired) electrons. The van der Waals surface area contributed by atoms with Gasteiger partial charge in [0.2, 0.25) is 0 Å². The minimum absolute atomic E-state index is 0.999. The molecule has 1 N–H and O–H groups in total. The van der Waals surface area contributed by atoms with Crippen LogP contribution in [-0.4, -0.2) is 20.1 Å². The van der Waals surface area contributed by atoms with Gasteiger partial charge in [-0.2, -0.15) is 0 Å². The van der Waals surface area contributed by atoms with E-state index < -0.39 is 0 Å². The van der Waals surface area contributed by atoms with Crippen LogP contribution in [0.25, 0.3) is 0 Å². The van der Waals surface area contributed by atoms with Gasteiger partial charge in [0.25, 0.3) is 0 Å². The van der Waals surface area contributed by atoms with E-state index in [0.29, 0.717) is 0 Å². The van der Waals surface area contributed by atoms with Crippen molar-refractivity contribution in [2.75, 3.05) is 20.1 Å². The third-order valence-corrected chi connectivity index (χ3v) is 2.13. The first-order chi connectivity index (χ1) is 4.79. The number of likely N-dealkylation sites (tertiary alicyclic amines) is 1. The van der Waals surface area contributed by atoms with Crippen LogP contribution in [0.15, 0.2) is 0 Å². The van der Waals surface area contributed by atoms with Gasteiger partial charge in [-0.3, -0.25) is 0 Å². The highest BCUT2D eigenvalue weighted by molar-refractivity contribution is 4.54. The second-order valence-corrected chi connectivity index (χ2v) is 3.14. The van der Waals surface area contributed by atoms with Crippen LogP contribution in [0.3, 0.4) is 0 Å². The quantitative estimate of drug-likeness (QED) is 0.472. The highest BCUT2D eigenvalue weighted by Gasteiger charge is 2.13. The van der Waals surface area contributed by atoms with E-state index in [1.54, 1.807) is 4.90 Å². The average Bonchev–Trinajstić information content (AvgIpc) is 2.00. The Bertz CT molecular complexity index is 80.7. The molecule has 0 aromatic heterocycles. The van der Waals surface area contributed by atoms with Crippen molar-refractivity contribution in [1.29, 1.82) is 5.26 Å². The van der Waals surface area contributed by atoms with Crippen LogP contribution in [0.5, 0.6) is 0 Å². The molecule has 1 saturated heterocycles. The predicted octanol–water partition coefficient (Wildman–Crippen LogP) is 0.0274. The number of rotatable bonds is 0. The Labute approximate surface area is 63.4 Å². The van der Waals surface area contributed by atoms with E-state index in [4.69, 9.17) is 11.8 Å². The lowest BCUT2D eigenvalue weighted by molar-refractivity contribution is -0.885. The van der Waals surface area contributed by atoms with Crippen molar-refractivity contribution in [1.82, 2.24) is 0 Å². The van der Waals surface area contributed by atoms with Crippen LogP contribution in [0, 0.1) is 17.8 Å². The Hall–Kier alpha value is -0.550. The fraction of sp³-hybridized carbons (Fsp3) is 0.875. The zero-order chi connectivity index (χ0) is 7.98. The van der Waals surface area contributed by atoms with Gasteiger partial charge in [-0.05, 0) is 18.8 Å². The molecule has 0 aromatic carbocycles. The van der Waals surface area contributed by atoms with Gasteiger partial charge >= 0.3 is 0 Å². The topological polar surface area (TPSA) is 28.2 Å². The second kappa shape index (κ2) is 5.25. The lowest BCUT2D eigenvalue weighted by Gasteiger charge is -2.23. The molecule has 10 heavy (non-hydrogen) atoms. The third kappa shape index (κ3) is 3.47. The van der Waals surface area contributed by atoms with Gasteiger partial charge < -0.3 is 16.7 Å². The van der Waals surface area contributed by atoms with Crippen molar-refractivity contribution in [3.05, 3.63) is 6.57 Å². The van der Waals surface area contributed by atoms with Gasteiger partial charge in [0.15, 0.2) is 0 Å². The minimum Gasteiger partial charge on any atom is -0.512 e. The Morgan fingerprint density at radius 2 is 1.70 bits per heavy atom. The Balaban J connectivity index is 0.000000371. The Morgan fingerprint density at radius 1 is 1.30 bits per heavy atom. The van der Waals surface area contributed by atoms with Crippen molar-refractivity contribution >= 4 is 0 Å². The number of hydrogen-bond donors (Lipinski definition) is 1. The molecule has 1 aliphatic rings. The van der Waals surface area contributed by atoms with E-state index in [1.807, 2.05) is 0 Å². The van der Waals surface area contributed by atoms with Crippen LogP contribution in [0.2, 0.25) is 0 Å². The maximum Gasteiger partial charge on any atom is 0.0771 e. The predicted molar refractivity (Wildman–Crippen MR) is 40.0 cm³/mol. The summed E-state index contributed by atoms with van der Waals surface area (Å²) in [7, 11) is 2.28. The number of nitrogens with zero attached hydrogens (tertiary/aromatic N) is 1. The SMILES string of the molecule is CC1CC[NH+](C)CC1.[C-]#N. The van der Waals surface area contributed by atoms with Gasteiger partial charge in [0.1, 0.15) is 0 Å². The van der Waals surface area contributed by atoms with Gasteiger partial charge in [-0.1, -0.05) is 6.92 Å². The fourth-order valence-corrected chi connectivity index (χ4v) is 1.25. The summed E-state index contributed by atoms with van der Waals surface area (Å²) in [5, 5.41) is 6.25. The summed E-state index contributed by atoms with van der Waals surface area (Å²) in [5.74, 6) is 0.999. The van der Waals surface area contributed by atoms with E-state index in [0.717, 1.165) is 5.92 Å². The fourth-order valence-electron chi connectivity index (χ4n) is 1.25. The molecule has 1 aliphatic heterocycles. The molecule has 1 rings (SSSR count). The largest absolute Gasteiger partial charge is 0.512 e. The van der Waals surface area contributed by atoms with E-state index >= 15 is 0 Å². The molecule has 0 unspecified atom stereocenters. The van der Waals surface area contributed by atoms with Crippen LogP contribution in [0.1, 0.15) is 19.8 Å². The summed E-state index contributed by atoms with van der Waals surface area (Å²) in [4.78, 5) is 1.71. The van der Waals surface area contributed by atoms with Gasteiger partial charge in [0.05, 0.1) is 20.1 Å². The molecule has 1 fully saturated rings. The smallest absolute Gasteiger partial charge is 0.0771 e. The van der Waals surface area contributed by atoms with Crippen LogP contribution >= 0.6 is 0 Å². The third-order valence-electron chi connectivity index (χ3n) is 2.13. The molecule has 58 valence electrons. The molecule has 0 spiro atoms. The first-order valence-electron chi connectivity index (χ1n) is 3.82. The second-order valence-electron chi connectivity index (χ2n) is 3.14. The zero-order valence-electron chi connectivity index (χ0n) is 6.85. The standard InChI is InChI=1S/C7H15N.CN/c1-7-3-5-8(2)6-4-7;1-2/h7H,3-6H2,1-2H3;/q;-1/p+1. The van der Waals surface area contributed by atoms with Crippen LogP contribution < -0.4 is 4.90 Å². The lowest BCUT2D eigenvalue weighted by Crippen LogP contribution is -3.10. The van der Waals surface area contributed by atoms with Crippen molar-refractivity contribution in [2.24, 2.45) is 5.92 Å². The highest BCUT2D eigenvalue weighted by atomic mass is 15.1.